The number of carbonyl (C=O) groups is 1. The molecule has 3 rings (SSSR count). The molecular weight excluding hydrogens is 398 g/mol. The van der Waals surface area contributed by atoms with E-state index in [4.69, 9.17) is 4.74 Å². The molecular formula is C24H31NO4S. The minimum Gasteiger partial charge on any atom is -0.494 e. The lowest BCUT2D eigenvalue weighted by Crippen LogP contribution is -2.40. The number of amides is 1. The van der Waals surface area contributed by atoms with Crippen LogP contribution in [0.25, 0.3) is 0 Å². The van der Waals surface area contributed by atoms with Crippen molar-refractivity contribution < 1.29 is 17.9 Å². The van der Waals surface area contributed by atoms with Gasteiger partial charge < -0.3 is 9.64 Å². The van der Waals surface area contributed by atoms with Gasteiger partial charge in [-0.25, -0.2) is 8.42 Å². The molecule has 0 radical (unpaired) electrons. The summed E-state index contributed by atoms with van der Waals surface area (Å²) in [5, 5.41) is 0. The van der Waals surface area contributed by atoms with Crippen molar-refractivity contribution in [3.05, 3.63) is 65.2 Å². The summed E-state index contributed by atoms with van der Waals surface area (Å²) in [7, 11) is -3.09. The molecule has 0 bridgehead atoms. The number of unbranched alkanes of at least 4 members (excludes halogenated alkanes) is 2. The molecule has 2 aromatic rings. The van der Waals surface area contributed by atoms with Crippen molar-refractivity contribution in [3.8, 4) is 5.75 Å². The fraction of sp³-hybridized carbons (Fsp3) is 0.458. The number of hydrogen-bond donors (Lipinski definition) is 0. The van der Waals surface area contributed by atoms with E-state index in [0.717, 1.165) is 36.1 Å². The first kappa shape index (κ1) is 22.3. The zero-order valence-corrected chi connectivity index (χ0v) is 18.7. The third kappa shape index (κ3) is 6.08. The van der Waals surface area contributed by atoms with E-state index in [-0.39, 0.29) is 23.5 Å². The van der Waals surface area contributed by atoms with Crippen molar-refractivity contribution in [2.75, 3.05) is 18.1 Å². The lowest BCUT2D eigenvalue weighted by Gasteiger charge is -2.28. The van der Waals surface area contributed by atoms with Crippen LogP contribution in [0.4, 0.5) is 0 Å². The van der Waals surface area contributed by atoms with Crippen molar-refractivity contribution >= 4 is 15.7 Å². The monoisotopic (exact) mass is 429 g/mol. The van der Waals surface area contributed by atoms with Gasteiger partial charge in [0.2, 0.25) is 0 Å². The topological polar surface area (TPSA) is 63.7 Å². The molecule has 5 nitrogen and oxygen atoms in total. The summed E-state index contributed by atoms with van der Waals surface area (Å²) >= 11 is 0. The number of nitrogens with zero attached hydrogens (tertiary/aromatic N) is 1. The van der Waals surface area contributed by atoms with Gasteiger partial charge in [0.05, 0.1) is 18.1 Å². The predicted molar refractivity (Wildman–Crippen MR) is 120 cm³/mol. The van der Waals surface area contributed by atoms with Crippen LogP contribution >= 0.6 is 0 Å². The van der Waals surface area contributed by atoms with Crippen LogP contribution in [0.1, 0.15) is 54.1 Å². The predicted octanol–water partition coefficient (Wildman–Crippen LogP) is 4.39. The van der Waals surface area contributed by atoms with Gasteiger partial charge in [-0.2, -0.15) is 0 Å². The van der Waals surface area contributed by atoms with Crippen LogP contribution in [-0.2, 0) is 16.4 Å². The Kier molecular flexibility index (Phi) is 7.53. The molecule has 0 saturated carbocycles. The molecule has 1 aliphatic heterocycles. The van der Waals surface area contributed by atoms with E-state index in [1.54, 1.807) is 17.0 Å². The second-order valence-corrected chi connectivity index (χ2v) is 10.3. The average molecular weight is 430 g/mol. The SMILES string of the molecule is CCCCCOc1ccc(C(=O)N(Cc2ccc(C)cc2)C2CCS(=O)(=O)C2)cc1. The van der Waals surface area contributed by atoms with Crippen molar-refractivity contribution in [1.29, 1.82) is 0 Å². The maximum Gasteiger partial charge on any atom is 0.254 e. The second kappa shape index (κ2) is 10.1. The van der Waals surface area contributed by atoms with Crippen LogP contribution in [0.2, 0.25) is 0 Å². The lowest BCUT2D eigenvalue weighted by atomic mass is 10.1. The summed E-state index contributed by atoms with van der Waals surface area (Å²) in [6.07, 6.45) is 3.77. The molecule has 0 aliphatic carbocycles. The summed E-state index contributed by atoms with van der Waals surface area (Å²) in [6.45, 7) is 5.23. The Morgan fingerprint density at radius 2 is 1.77 bits per heavy atom. The number of carbonyl (C=O) groups excluding carboxylic acids is 1. The number of ether oxygens (including phenoxy) is 1. The van der Waals surface area contributed by atoms with Crippen molar-refractivity contribution in [3.63, 3.8) is 0 Å². The second-order valence-electron chi connectivity index (χ2n) is 8.06. The van der Waals surface area contributed by atoms with Gasteiger partial charge in [0.25, 0.3) is 5.91 Å². The van der Waals surface area contributed by atoms with Crippen LogP contribution in [0, 0.1) is 6.92 Å². The van der Waals surface area contributed by atoms with Gasteiger partial charge in [0.15, 0.2) is 9.84 Å². The maximum absolute atomic E-state index is 13.3. The van der Waals surface area contributed by atoms with Crippen molar-refractivity contribution in [2.45, 2.75) is 52.1 Å². The molecule has 0 N–H and O–H groups in total. The summed E-state index contributed by atoms with van der Waals surface area (Å²) in [6, 6.07) is 14.9. The number of benzene rings is 2. The summed E-state index contributed by atoms with van der Waals surface area (Å²) < 4.78 is 29.8. The molecule has 0 spiro atoms. The Hall–Kier alpha value is -2.34. The highest BCUT2D eigenvalue weighted by atomic mass is 32.2. The molecule has 1 saturated heterocycles. The van der Waals surface area contributed by atoms with Crippen LogP contribution in [0.3, 0.4) is 0 Å². The average Bonchev–Trinajstić information content (AvgIpc) is 3.10. The molecule has 2 aromatic carbocycles. The van der Waals surface area contributed by atoms with Gasteiger partial charge in [0, 0.05) is 18.2 Å². The molecule has 30 heavy (non-hydrogen) atoms. The van der Waals surface area contributed by atoms with Crippen LogP contribution in [0.5, 0.6) is 5.75 Å². The van der Waals surface area contributed by atoms with Gasteiger partial charge in [0.1, 0.15) is 5.75 Å². The van der Waals surface area contributed by atoms with E-state index in [9.17, 15) is 13.2 Å². The van der Waals surface area contributed by atoms with Gasteiger partial charge in [-0.15, -0.1) is 0 Å². The van der Waals surface area contributed by atoms with E-state index in [0.29, 0.717) is 25.1 Å². The molecule has 6 heteroatoms. The number of aryl methyl sites for hydroxylation is 1. The minimum absolute atomic E-state index is 0.0310. The highest BCUT2D eigenvalue weighted by Crippen LogP contribution is 2.23. The Bertz CT molecular complexity index is 936. The molecule has 1 fully saturated rings. The quantitative estimate of drug-likeness (QED) is 0.555. The van der Waals surface area contributed by atoms with E-state index in [2.05, 4.69) is 6.92 Å². The van der Waals surface area contributed by atoms with Crippen molar-refractivity contribution in [2.24, 2.45) is 0 Å². The summed E-state index contributed by atoms with van der Waals surface area (Å²) in [4.78, 5) is 15.0. The fourth-order valence-corrected chi connectivity index (χ4v) is 5.41. The first-order valence-electron chi connectivity index (χ1n) is 10.7. The van der Waals surface area contributed by atoms with Gasteiger partial charge >= 0.3 is 0 Å². The lowest BCUT2D eigenvalue weighted by molar-refractivity contribution is 0.0681. The molecule has 1 heterocycles. The third-order valence-corrected chi connectivity index (χ3v) is 7.25. The highest BCUT2D eigenvalue weighted by molar-refractivity contribution is 7.91. The maximum atomic E-state index is 13.3. The number of rotatable bonds is 9. The van der Waals surface area contributed by atoms with Crippen LogP contribution in [-0.4, -0.2) is 43.4 Å². The first-order valence-corrected chi connectivity index (χ1v) is 12.5. The normalized spacial score (nSPS) is 17.6. The molecule has 0 aromatic heterocycles. The third-order valence-electron chi connectivity index (χ3n) is 5.50. The summed E-state index contributed by atoms with van der Waals surface area (Å²) in [5.41, 5.74) is 2.69. The zero-order chi connectivity index (χ0) is 21.6. The Labute approximate surface area is 180 Å². The number of hydrogen-bond acceptors (Lipinski definition) is 4. The van der Waals surface area contributed by atoms with E-state index >= 15 is 0 Å². The Morgan fingerprint density at radius 3 is 2.37 bits per heavy atom. The molecule has 1 unspecified atom stereocenters. The van der Waals surface area contributed by atoms with Gasteiger partial charge in [-0.05, 0) is 49.6 Å². The fourth-order valence-electron chi connectivity index (χ4n) is 3.68. The van der Waals surface area contributed by atoms with Gasteiger partial charge in [-0.3, -0.25) is 4.79 Å². The Balaban J connectivity index is 1.75. The Morgan fingerprint density at radius 1 is 1.07 bits per heavy atom. The highest BCUT2D eigenvalue weighted by Gasteiger charge is 2.35. The zero-order valence-electron chi connectivity index (χ0n) is 17.8. The molecule has 162 valence electrons. The number of sulfone groups is 1. The van der Waals surface area contributed by atoms with Crippen molar-refractivity contribution in [1.82, 2.24) is 4.90 Å². The van der Waals surface area contributed by atoms with Crippen LogP contribution in [0.15, 0.2) is 48.5 Å². The first-order chi connectivity index (χ1) is 14.4. The van der Waals surface area contributed by atoms with Crippen LogP contribution < -0.4 is 4.74 Å². The molecule has 1 amide bonds. The largest absolute Gasteiger partial charge is 0.494 e. The smallest absolute Gasteiger partial charge is 0.254 e. The molecule has 1 atom stereocenters. The minimum atomic E-state index is -3.09. The van der Waals surface area contributed by atoms with E-state index in [1.165, 1.54) is 0 Å². The van der Waals surface area contributed by atoms with E-state index in [1.807, 2.05) is 43.3 Å². The van der Waals surface area contributed by atoms with Gasteiger partial charge in [-0.1, -0.05) is 49.6 Å². The summed E-state index contributed by atoms with van der Waals surface area (Å²) in [5.74, 6) is 0.773. The van der Waals surface area contributed by atoms with E-state index < -0.39 is 9.84 Å². The molecule has 1 aliphatic rings. The standard InChI is InChI=1S/C24H31NO4S/c1-3-4-5-15-29-23-12-10-21(11-13-23)24(26)25(22-14-16-30(27,28)18-22)17-20-8-6-19(2)7-9-20/h6-13,22H,3-5,14-18H2,1-2H3.